The van der Waals surface area contributed by atoms with E-state index in [0.29, 0.717) is 12.3 Å². The Morgan fingerprint density at radius 2 is 2.18 bits per heavy atom. The smallest absolute Gasteiger partial charge is 0.293 e. The second-order valence-corrected chi connectivity index (χ2v) is 5.36. The van der Waals surface area contributed by atoms with Crippen molar-refractivity contribution in [3.63, 3.8) is 0 Å². The van der Waals surface area contributed by atoms with Crippen LogP contribution in [0.2, 0.25) is 0 Å². The Morgan fingerprint density at radius 1 is 1.27 bits per heavy atom. The summed E-state index contributed by atoms with van der Waals surface area (Å²) in [6.45, 7) is 2.55. The van der Waals surface area contributed by atoms with Crippen LogP contribution in [-0.2, 0) is 6.42 Å². The summed E-state index contributed by atoms with van der Waals surface area (Å²) in [5, 5.41) is 3.91. The molecule has 0 radical (unpaired) electrons. The van der Waals surface area contributed by atoms with Crippen molar-refractivity contribution in [3.8, 4) is 11.3 Å². The van der Waals surface area contributed by atoms with Crippen molar-refractivity contribution >= 4 is 11.6 Å². The second-order valence-electron chi connectivity index (χ2n) is 5.36. The van der Waals surface area contributed by atoms with Crippen molar-refractivity contribution in [1.82, 2.24) is 5.16 Å². The molecular formula is C17H14N2O3. The van der Waals surface area contributed by atoms with Crippen LogP contribution >= 0.6 is 0 Å². The van der Waals surface area contributed by atoms with Gasteiger partial charge in [-0.3, -0.25) is 4.79 Å². The van der Waals surface area contributed by atoms with Gasteiger partial charge >= 0.3 is 0 Å². The Bertz CT molecular complexity index is 833. The molecule has 0 N–H and O–H groups in total. The van der Waals surface area contributed by atoms with Gasteiger partial charge in [-0.2, -0.15) is 0 Å². The van der Waals surface area contributed by atoms with Crippen LogP contribution in [0.25, 0.3) is 11.3 Å². The van der Waals surface area contributed by atoms with Crippen LogP contribution in [0, 0.1) is 6.92 Å². The maximum atomic E-state index is 12.4. The van der Waals surface area contributed by atoms with Crippen LogP contribution in [0.1, 0.15) is 21.8 Å². The number of carbonyl (C=O) groups is 1. The van der Waals surface area contributed by atoms with E-state index in [2.05, 4.69) is 11.2 Å². The zero-order chi connectivity index (χ0) is 15.1. The van der Waals surface area contributed by atoms with Crippen molar-refractivity contribution in [2.75, 3.05) is 11.4 Å². The first kappa shape index (κ1) is 12.9. The molecular weight excluding hydrogens is 280 g/mol. The number of fused-ring (bicyclic) bond motifs is 1. The van der Waals surface area contributed by atoms with Gasteiger partial charge in [0.25, 0.3) is 5.91 Å². The number of benzene rings is 1. The van der Waals surface area contributed by atoms with Gasteiger partial charge in [0.15, 0.2) is 11.5 Å². The van der Waals surface area contributed by atoms with Gasteiger partial charge < -0.3 is 13.8 Å². The Balaban J connectivity index is 1.67. The largest absolute Gasteiger partial charge is 0.459 e. The van der Waals surface area contributed by atoms with Gasteiger partial charge in [-0.25, -0.2) is 0 Å². The fraction of sp³-hybridized carbons (Fsp3) is 0.176. The Morgan fingerprint density at radius 3 is 2.91 bits per heavy atom. The lowest BCUT2D eigenvalue weighted by Gasteiger charge is -2.15. The minimum absolute atomic E-state index is 0.105. The molecule has 0 spiro atoms. The first-order valence-electron chi connectivity index (χ1n) is 7.14. The summed E-state index contributed by atoms with van der Waals surface area (Å²) in [6, 6.07) is 11.3. The topological polar surface area (TPSA) is 59.5 Å². The van der Waals surface area contributed by atoms with Crippen molar-refractivity contribution in [3.05, 3.63) is 59.7 Å². The second kappa shape index (κ2) is 4.87. The number of rotatable bonds is 2. The van der Waals surface area contributed by atoms with Crippen LogP contribution in [0.5, 0.6) is 0 Å². The van der Waals surface area contributed by atoms with Crippen LogP contribution in [0.4, 0.5) is 5.69 Å². The van der Waals surface area contributed by atoms with Crippen LogP contribution in [0.15, 0.2) is 51.6 Å². The lowest BCUT2D eigenvalue weighted by molar-refractivity contribution is 0.0963. The molecule has 0 fully saturated rings. The summed E-state index contributed by atoms with van der Waals surface area (Å²) >= 11 is 0. The van der Waals surface area contributed by atoms with Crippen LogP contribution in [-0.4, -0.2) is 17.6 Å². The van der Waals surface area contributed by atoms with Crippen molar-refractivity contribution in [2.24, 2.45) is 0 Å². The van der Waals surface area contributed by atoms with Gasteiger partial charge in [0.2, 0.25) is 0 Å². The average Bonchev–Trinajstić information content (AvgIpc) is 3.26. The van der Waals surface area contributed by atoms with E-state index >= 15 is 0 Å². The molecule has 0 saturated carbocycles. The molecule has 22 heavy (non-hydrogen) atoms. The minimum Gasteiger partial charge on any atom is -0.459 e. The van der Waals surface area contributed by atoms with Crippen LogP contribution < -0.4 is 4.90 Å². The third-order valence-corrected chi connectivity index (χ3v) is 3.86. The Labute approximate surface area is 127 Å². The highest BCUT2D eigenvalue weighted by atomic mass is 16.5. The zero-order valence-electron chi connectivity index (χ0n) is 12.1. The number of nitrogens with zero attached hydrogens (tertiary/aromatic N) is 2. The highest BCUT2D eigenvalue weighted by molar-refractivity contribution is 6.05. The van der Waals surface area contributed by atoms with Gasteiger partial charge in [-0.05, 0) is 49.2 Å². The normalized spacial score (nSPS) is 13.4. The lowest BCUT2D eigenvalue weighted by Crippen LogP contribution is -2.28. The van der Waals surface area contributed by atoms with Gasteiger partial charge in [0, 0.05) is 23.9 Å². The number of hydrogen-bond acceptors (Lipinski definition) is 4. The number of aryl methyl sites for hydroxylation is 1. The molecule has 3 heterocycles. The molecule has 0 bridgehead atoms. The predicted molar refractivity (Wildman–Crippen MR) is 80.8 cm³/mol. The van der Waals surface area contributed by atoms with E-state index in [1.807, 2.05) is 25.1 Å². The quantitative estimate of drug-likeness (QED) is 0.726. The molecule has 1 aromatic carbocycles. The van der Waals surface area contributed by atoms with Crippen molar-refractivity contribution in [2.45, 2.75) is 13.3 Å². The number of carbonyl (C=O) groups excluding carboxylic acids is 1. The molecule has 0 unspecified atom stereocenters. The number of anilines is 1. The number of furan rings is 1. The SMILES string of the molecule is Cc1cc(-c2ccc3c(c2)CCN3C(=O)c2ccco2)on1. The van der Waals surface area contributed by atoms with Gasteiger partial charge in [-0.1, -0.05) is 5.16 Å². The van der Waals surface area contributed by atoms with Gasteiger partial charge in [0.05, 0.1) is 12.0 Å². The molecule has 1 amide bonds. The standard InChI is InChI=1S/C17H14N2O3/c1-11-9-16(22-18-11)13-4-5-14-12(10-13)6-7-19(14)17(20)15-3-2-8-21-15/h2-5,8-10H,6-7H2,1H3. The van der Waals surface area contributed by atoms with Crippen molar-refractivity contribution < 1.29 is 13.7 Å². The summed E-state index contributed by atoms with van der Waals surface area (Å²) in [6.07, 6.45) is 2.34. The highest BCUT2D eigenvalue weighted by Gasteiger charge is 2.27. The summed E-state index contributed by atoms with van der Waals surface area (Å²) in [4.78, 5) is 14.2. The highest BCUT2D eigenvalue weighted by Crippen LogP contribution is 2.33. The fourth-order valence-corrected chi connectivity index (χ4v) is 2.80. The molecule has 110 valence electrons. The molecule has 4 rings (SSSR count). The van der Waals surface area contributed by atoms with E-state index in [1.165, 1.54) is 6.26 Å². The predicted octanol–water partition coefficient (Wildman–Crippen LogP) is 3.45. The van der Waals surface area contributed by atoms with E-state index in [-0.39, 0.29) is 5.91 Å². The third kappa shape index (κ3) is 2.02. The Hall–Kier alpha value is -2.82. The average molecular weight is 294 g/mol. The first-order chi connectivity index (χ1) is 10.7. The van der Waals surface area contributed by atoms with Gasteiger partial charge in [-0.15, -0.1) is 0 Å². The zero-order valence-corrected chi connectivity index (χ0v) is 12.1. The minimum atomic E-state index is -0.105. The molecule has 3 aromatic rings. The molecule has 5 nitrogen and oxygen atoms in total. The molecule has 1 aliphatic heterocycles. The molecule has 0 saturated heterocycles. The summed E-state index contributed by atoms with van der Waals surface area (Å²) in [5.41, 5.74) is 3.89. The molecule has 0 atom stereocenters. The summed E-state index contributed by atoms with van der Waals surface area (Å²) in [7, 11) is 0. The maximum Gasteiger partial charge on any atom is 0.293 e. The van der Waals surface area contributed by atoms with E-state index in [0.717, 1.165) is 34.7 Å². The molecule has 0 aliphatic carbocycles. The van der Waals surface area contributed by atoms with E-state index < -0.39 is 0 Å². The maximum absolute atomic E-state index is 12.4. The van der Waals surface area contributed by atoms with Gasteiger partial charge in [0.1, 0.15) is 0 Å². The third-order valence-electron chi connectivity index (χ3n) is 3.86. The first-order valence-corrected chi connectivity index (χ1v) is 7.14. The van der Waals surface area contributed by atoms with Crippen LogP contribution in [0.3, 0.4) is 0 Å². The monoisotopic (exact) mass is 294 g/mol. The van der Waals surface area contributed by atoms with E-state index in [4.69, 9.17) is 8.94 Å². The molecule has 2 aromatic heterocycles. The van der Waals surface area contributed by atoms with Crippen molar-refractivity contribution in [1.29, 1.82) is 0 Å². The molecule has 1 aliphatic rings. The Kier molecular flexibility index (Phi) is 2.85. The van der Waals surface area contributed by atoms with E-state index in [9.17, 15) is 4.79 Å². The number of aromatic nitrogens is 1. The summed E-state index contributed by atoms with van der Waals surface area (Å²) in [5.74, 6) is 1.01. The number of hydrogen-bond donors (Lipinski definition) is 0. The lowest BCUT2D eigenvalue weighted by atomic mass is 10.1. The summed E-state index contributed by atoms with van der Waals surface area (Å²) < 4.78 is 10.5. The molecule has 5 heteroatoms. The number of amides is 1. The van der Waals surface area contributed by atoms with E-state index in [1.54, 1.807) is 17.0 Å². The fourth-order valence-electron chi connectivity index (χ4n) is 2.80.